The topological polar surface area (TPSA) is 18.5 Å². The van der Waals surface area contributed by atoms with Crippen LogP contribution in [0.25, 0.3) is 0 Å². The third-order valence-electron chi connectivity index (χ3n) is 0.866. The van der Waals surface area contributed by atoms with E-state index in [-0.39, 0.29) is 0 Å². The molecule has 2 nitrogen and oxygen atoms in total. The van der Waals surface area contributed by atoms with Crippen LogP contribution < -0.4 is 0 Å². The molecule has 0 saturated heterocycles. The van der Waals surface area contributed by atoms with Gasteiger partial charge < -0.3 is 9.47 Å². The summed E-state index contributed by atoms with van der Waals surface area (Å²) in [7, 11) is 3.24. The fourth-order valence-corrected chi connectivity index (χ4v) is 0.467. The largest absolute Gasteiger partial charge is 0.381 e. The van der Waals surface area contributed by atoms with E-state index in [9.17, 15) is 0 Å². The van der Waals surface area contributed by atoms with Gasteiger partial charge in [0.2, 0.25) is 0 Å². The Morgan fingerprint density at radius 1 is 1.11 bits per heavy atom. The van der Waals surface area contributed by atoms with Gasteiger partial charge in [0.05, 0.1) is 7.11 Å². The highest BCUT2D eigenvalue weighted by molar-refractivity contribution is 4.37. The summed E-state index contributed by atoms with van der Waals surface area (Å²) in [6, 6.07) is 0. The minimum atomic E-state index is 0.678. The van der Waals surface area contributed by atoms with Crippen molar-refractivity contribution in [2.45, 2.75) is 12.8 Å². The van der Waals surface area contributed by atoms with Crippen LogP contribution in [-0.4, -0.2) is 19.8 Å². The quantitative estimate of drug-likeness (QED) is 0.506. The molecule has 0 spiro atoms. The van der Waals surface area contributed by atoms with Gasteiger partial charge in [0, 0.05) is 19.8 Å². The second-order valence-electron chi connectivity index (χ2n) is 1.73. The van der Waals surface area contributed by atoms with Gasteiger partial charge in [0.1, 0.15) is 0 Å². The van der Waals surface area contributed by atoms with Crippen LogP contribution in [-0.2, 0) is 9.47 Å². The molecular weight excluding hydrogens is 116 g/mol. The average Bonchev–Trinajstić information content (AvgIpc) is 1.89. The Balaban J connectivity index is 2.60. The minimum absolute atomic E-state index is 0.678. The normalized spacial score (nSPS) is 10.0. The van der Waals surface area contributed by atoms with Crippen LogP contribution in [0.3, 0.4) is 0 Å². The molecule has 0 unspecified atom stereocenters. The maximum Gasteiger partial charge on any atom is 0.0700 e. The zero-order chi connectivity index (χ0) is 6.95. The Morgan fingerprint density at radius 2 is 1.89 bits per heavy atom. The lowest BCUT2D eigenvalue weighted by Gasteiger charge is -1.99. The van der Waals surface area contributed by atoms with Gasteiger partial charge in [-0.15, -0.1) is 0 Å². The van der Waals surface area contributed by atoms with Crippen LogP contribution in [0.2, 0.25) is 0 Å². The summed E-state index contributed by atoms with van der Waals surface area (Å²) < 4.78 is 9.69. The standard InChI is InChI=1S/C7H14O2/c1-3-5-9-7-4-6-8-2/h1-7H2. The van der Waals surface area contributed by atoms with Crippen LogP contribution in [0.5, 0.6) is 0 Å². The Hall–Kier alpha value is -0.0800. The van der Waals surface area contributed by atoms with Crippen LogP contribution in [0.15, 0.2) is 0 Å². The fourth-order valence-electron chi connectivity index (χ4n) is 0.467. The molecule has 0 bridgehead atoms. The smallest absolute Gasteiger partial charge is 0.0700 e. The van der Waals surface area contributed by atoms with E-state index in [1.165, 1.54) is 0 Å². The third-order valence-corrected chi connectivity index (χ3v) is 0.866. The first-order valence-electron chi connectivity index (χ1n) is 3.15. The van der Waals surface area contributed by atoms with Crippen LogP contribution in [0.1, 0.15) is 12.8 Å². The van der Waals surface area contributed by atoms with Gasteiger partial charge in [-0.2, -0.15) is 0 Å². The molecule has 0 aliphatic carbocycles. The zero-order valence-corrected chi connectivity index (χ0v) is 5.77. The van der Waals surface area contributed by atoms with Crippen molar-refractivity contribution >= 4 is 0 Å². The van der Waals surface area contributed by atoms with Crippen molar-refractivity contribution in [3.8, 4) is 0 Å². The molecule has 0 fully saturated rings. The molecule has 0 atom stereocenters. The molecule has 0 aromatic heterocycles. The molecule has 0 rings (SSSR count). The predicted octanol–water partition coefficient (Wildman–Crippen LogP) is 1.43. The van der Waals surface area contributed by atoms with Crippen molar-refractivity contribution in [1.82, 2.24) is 0 Å². The first-order chi connectivity index (χ1) is 4.41. The van der Waals surface area contributed by atoms with Crippen molar-refractivity contribution in [1.29, 1.82) is 0 Å². The minimum Gasteiger partial charge on any atom is -0.381 e. The highest BCUT2D eigenvalue weighted by Crippen LogP contribution is 1.84. The fraction of sp³-hybridized carbons (Fsp3) is 0.714. The van der Waals surface area contributed by atoms with Crippen molar-refractivity contribution < 1.29 is 9.47 Å². The molecule has 0 N–H and O–H groups in total. The Kier molecular flexibility index (Phi) is 7.85. The number of hydrogen-bond donors (Lipinski definition) is 0. The van der Waals surface area contributed by atoms with E-state index in [4.69, 9.17) is 4.74 Å². The van der Waals surface area contributed by atoms with E-state index < -0.39 is 0 Å². The zero-order valence-electron chi connectivity index (χ0n) is 5.77. The molecular formula is C7H14O2. The third kappa shape index (κ3) is 7.92. The summed E-state index contributed by atoms with van der Waals surface area (Å²) in [5, 5.41) is 0. The summed E-state index contributed by atoms with van der Waals surface area (Å²) >= 11 is 0. The molecule has 9 heavy (non-hydrogen) atoms. The SMILES string of the molecule is [CH2]CCOCCCO[CH2]. The Labute approximate surface area is 57.2 Å². The lowest BCUT2D eigenvalue weighted by Crippen LogP contribution is -1.98. The summed E-state index contributed by atoms with van der Waals surface area (Å²) in [5.41, 5.74) is 0. The van der Waals surface area contributed by atoms with Gasteiger partial charge in [-0.25, -0.2) is 0 Å². The summed E-state index contributed by atoms with van der Waals surface area (Å²) in [5.74, 6) is 0. The first kappa shape index (κ1) is 8.92. The van der Waals surface area contributed by atoms with E-state index in [1.807, 2.05) is 0 Å². The second kappa shape index (κ2) is 7.92. The number of hydrogen-bond acceptors (Lipinski definition) is 2. The van der Waals surface area contributed by atoms with Gasteiger partial charge in [-0.1, -0.05) is 6.92 Å². The Morgan fingerprint density at radius 3 is 2.44 bits per heavy atom. The van der Waals surface area contributed by atoms with Crippen molar-refractivity contribution in [2.24, 2.45) is 0 Å². The summed E-state index contributed by atoms with van der Waals surface area (Å²) in [6.07, 6.45) is 1.76. The van der Waals surface area contributed by atoms with Crippen LogP contribution >= 0.6 is 0 Å². The van der Waals surface area contributed by atoms with E-state index in [0.717, 1.165) is 26.1 Å². The monoisotopic (exact) mass is 130 g/mol. The molecule has 0 saturated carbocycles. The molecule has 2 heteroatoms. The van der Waals surface area contributed by atoms with Crippen molar-refractivity contribution in [3.05, 3.63) is 14.0 Å². The van der Waals surface area contributed by atoms with Crippen molar-refractivity contribution in [3.63, 3.8) is 0 Å². The molecule has 0 aliphatic heterocycles. The summed E-state index contributed by atoms with van der Waals surface area (Å²) in [6.45, 7) is 5.81. The highest BCUT2D eigenvalue weighted by atomic mass is 16.5. The van der Waals surface area contributed by atoms with E-state index in [0.29, 0.717) is 6.61 Å². The molecule has 0 aromatic rings. The Bertz CT molecular complexity index is 40.2. The highest BCUT2D eigenvalue weighted by Gasteiger charge is 1.84. The van der Waals surface area contributed by atoms with Gasteiger partial charge in [0.25, 0.3) is 0 Å². The molecule has 2 radical (unpaired) electrons. The number of rotatable bonds is 6. The lowest BCUT2D eigenvalue weighted by molar-refractivity contribution is 0.114. The molecule has 54 valence electrons. The van der Waals surface area contributed by atoms with E-state index in [2.05, 4.69) is 18.8 Å². The molecule has 0 aromatic carbocycles. The van der Waals surface area contributed by atoms with Gasteiger partial charge in [0.15, 0.2) is 0 Å². The van der Waals surface area contributed by atoms with Crippen LogP contribution in [0.4, 0.5) is 0 Å². The van der Waals surface area contributed by atoms with Gasteiger partial charge in [-0.05, 0) is 12.8 Å². The molecule has 0 heterocycles. The van der Waals surface area contributed by atoms with Crippen molar-refractivity contribution in [2.75, 3.05) is 19.8 Å². The lowest BCUT2D eigenvalue weighted by atomic mass is 10.5. The predicted molar refractivity (Wildman–Crippen MR) is 36.7 cm³/mol. The maximum absolute atomic E-state index is 5.11. The molecule has 0 amide bonds. The van der Waals surface area contributed by atoms with Crippen LogP contribution in [0, 0.1) is 14.0 Å². The van der Waals surface area contributed by atoms with Gasteiger partial charge >= 0.3 is 0 Å². The average molecular weight is 130 g/mol. The summed E-state index contributed by atoms with van der Waals surface area (Å²) in [4.78, 5) is 0. The molecule has 0 aliphatic rings. The first-order valence-corrected chi connectivity index (χ1v) is 3.15. The van der Waals surface area contributed by atoms with E-state index in [1.54, 1.807) is 0 Å². The van der Waals surface area contributed by atoms with E-state index >= 15 is 0 Å². The number of ether oxygens (including phenoxy) is 2. The second-order valence-corrected chi connectivity index (χ2v) is 1.73. The maximum atomic E-state index is 5.11. The van der Waals surface area contributed by atoms with Gasteiger partial charge in [-0.3, -0.25) is 0 Å².